The number of hydrogen-bond acceptors (Lipinski definition) is 3. The molecular weight excluding hydrogens is 144 g/mol. The number of carbonyl (C=O) groups excluding carboxylic acids is 1. The summed E-state index contributed by atoms with van der Waals surface area (Å²) >= 11 is 0. The van der Waals surface area contributed by atoms with E-state index in [1.165, 1.54) is 0 Å². The molecule has 0 aliphatic rings. The standard InChI is InChI=1S/C6H10N4O/c1-3-9-4(2-5(7)11)6(8)10-3/h2,8H2,1H3,(H2,7,11)(H,9,10). The average Bonchev–Trinajstić information content (AvgIpc) is 2.09. The summed E-state index contributed by atoms with van der Waals surface area (Å²) in [6, 6.07) is 0. The van der Waals surface area contributed by atoms with Crippen molar-refractivity contribution in [1.82, 2.24) is 9.97 Å². The van der Waals surface area contributed by atoms with Crippen LogP contribution in [-0.2, 0) is 11.2 Å². The second kappa shape index (κ2) is 2.61. The van der Waals surface area contributed by atoms with Crippen LogP contribution in [0.15, 0.2) is 0 Å². The number of aromatic amines is 1. The molecular formula is C6H10N4O. The number of imidazole rings is 1. The number of primary amides is 1. The van der Waals surface area contributed by atoms with Gasteiger partial charge in [-0.05, 0) is 6.92 Å². The Labute approximate surface area is 63.8 Å². The van der Waals surface area contributed by atoms with E-state index >= 15 is 0 Å². The summed E-state index contributed by atoms with van der Waals surface area (Å²) in [7, 11) is 0. The van der Waals surface area contributed by atoms with E-state index in [0.29, 0.717) is 17.3 Å². The fraction of sp³-hybridized carbons (Fsp3) is 0.333. The van der Waals surface area contributed by atoms with Crippen LogP contribution >= 0.6 is 0 Å². The number of nitrogens with two attached hydrogens (primary N) is 2. The van der Waals surface area contributed by atoms with Crippen LogP contribution in [0, 0.1) is 6.92 Å². The summed E-state index contributed by atoms with van der Waals surface area (Å²) in [4.78, 5) is 17.2. The fourth-order valence-corrected chi connectivity index (χ4v) is 0.867. The van der Waals surface area contributed by atoms with Crippen molar-refractivity contribution in [3.05, 3.63) is 11.5 Å². The Balaban J connectivity index is 2.85. The number of carbonyl (C=O) groups is 1. The maximum atomic E-state index is 10.4. The summed E-state index contributed by atoms with van der Waals surface area (Å²) in [6.07, 6.45) is 0.118. The van der Waals surface area contributed by atoms with E-state index in [0.717, 1.165) is 0 Å². The normalized spacial score (nSPS) is 9.91. The molecule has 0 fully saturated rings. The highest BCUT2D eigenvalue weighted by molar-refractivity contribution is 5.77. The van der Waals surface area contributed by atoms with Crippen molar-refractivity contribution in [2.24, 2.45) is 5.73 Å². The molecule has 1 aromatic heterocycles. The lowest BCUT2D eigenvalue weighted by atomic mass is 10.3. The molecule has 0 saturated heterocycles. The first-order valence-corrected chi connectivity index (χ1v) is 3.19. The predicted molar refractivity (Wildman–Crippen MR) is 40.6 cm³/mol. The quantitative estimate of drug-likeness (QED) is 0.526. The first kappa shape index (κ1) is 7.59. The van der Waals surface area contributed by atoms with E-state index in [1.807, 2.05) is 0 Å². The van der Waals surface area contributed by atoms with Crippen LogP contribution in [-0.4, -0.2) is 15.9 Å². The van der Waals surface area contributed by atoms with Gasteiger partial charge in [-0.3, -0.25) is 4.79 Å². The molecule has 5 heteroatoms. The molecule has 1 amide bonds. The highest BCUT2D eigenvalue weighted by atomic mass is 16.1. The molecule has 5 N–H and O–H groups in total. The molecule has 60 valence electrons. The third-order valence-corrected chi connectivity index (χ3v) is 1.28. The second-order valence-corrected chi connectivity index (χ2v) is 2.33. The first-order valence-electron chi connectivity index (χ1n) is 3.19. The molecule has 1 rings (SSSR count). The molecule has 0 unspecified atom stereocenters. The number of nitrogens with zero attached hydrogens (tertiary/aromatic N) is 1. The summed E-state index contributed by atoms with van der Waals surface area (Å²) in [6.45, 7) is 1.76. The predicted octanol–water partition coefficient (Wildman–Crippen LogP) is -0.672. The summed E-state index contributed by atoms with van der Waals surface area (Å²) in [5.74, 6) is 0.625. The lowest BCUT2D eigenvalue weighted by Gasteiger charge is -1.91. The summed E-state index contributed by atoms with van der Waals surface area (Å²) in [5, 5.41) is 0. The Kier molecular flexibility index (Phi) is 1.80. The van der Waals surface area contributed by atoms with E-state index in [2.05, 4.69) is 9.97 Å². The topological polar surface area (TPSA) is 97.8 Å². The molecule has 0 spiro atoms. The SMILES string of the molecule is Cc1nc(N)c(CC(N)=O)[nH]1. The number of H-pyrrole nitrogens is 1. The third kappa shape index (κ3) is 1.70. The Morgan fingerprint density at radius 2 is 2.36 bits per heavy atom. The van der Waals surface area contributed by atoms with E-state index in [9.17, 15) is 4.79 Å². The first-order chi connectivity index (χ1) is 5.09. The van der Waals surface area contributed by atoms with Gasteiger partial charge >= 0.3 is 0 Å². The van der Waals surface area contributed by atoms with E-state index in [1.54, 1.807) is 6.92 Å². The molecule has 5 nitrogen and oxygen atoms in total. The highest BCUT2D eigenvalue weighted by Crippen LogP contribution is 2.07. The molecule has 0 aliphatic heterocycles. The monoisotopic (exact) mass is 154 g/mol. The van der Waals surface area contributed by atoms with Gasteiger partial charge < -0.3 is 16.5 Å². The number of anilines is 1. The smallest absolute Gasteiger partial charge is 0.223 e. The zero-order valence-corrected chi connectivity index (χ0v) is 6.22. The molecule has 0 atom stereocenters. The van der Waals surface area contributed by atoms with Crippen molar-refractivity contribution in [3.63, 3.8) is 0 Å². The van der Waals surface area contributed by atoms with Crippen molar-refractivity contribution >= 4 is 11.7 Å². The van der Waals surface area contributed by atoms with Gasteiger partial charge in [0.05, 0.1) is 12.1 Å². The van der Waals surface area contributed by atoms with Crippen LogP contribution in [0.4, 0.5) is 5.82 Å². The van der Waals surface area contributed by atoms with Crippen molar-refractivity contribution in [3.8, 4) is 0 Å². The van der Waals surface area contributed by atoms with Gasteiger partial charge in [0.2, 0.25) is 5.91 Å². The molecule has 0 aromatic carbocycles. The number of aryl methyl sites for hydroxylation is 1. The summed E-state index contributed by atoms with van der Waals surface area (Å²) < 4.78 is 0. The number of rotatable bonds is 2. The molecule has 0 radical (unpaired) electrons. The van der Waals surface area contributed by atoms with Gasteiger partial charge in [-0.25, -0.2) is 4.98 Å². The van der Waals surface area contributed by atoms with Gasteiger partial charge in [-0.1, -0.05) is 0 Å². The van der Waals surface area contributed by atoms with Crippen LogP contribution < -0.4 is 11.5 Å². The number of aromatic nitrogens is 2. The van der Waals surface area contributed by atoms with Gasteiger partial charge in [0, 0.05) is 0 Å². The van der Waals surface area contributed by atoms with Crippen molar-refractivity contribution < 1.29 is 4.79 Å². The maximum Gasteiger partial charge on any atom is 0.223 e. The number of nitrogens with one attached hydrogen (secondary N) is 1. The summed E-state index contributed by atoms with van der Waals surface area (Å²) in [5.41, 5.74) is 11.0. The largest absolute Gasteiger partial charge is 0.382 e. The lowest BCUT2D eigenvalue weighted by molar-refractivity contribution is -0.117. The van der Waals surface area contributed by atoms with Crippen LogP contribution in [0.3, 0.4) is 0 Å². The van der Waals surface area contributed by atoms with Crippen LogP contribution in [0.2, 0.25) is 0 Å². The number of amides is 1. The van der Waals surface area contributed by atoms with Gasteiger partial charge in [-0.15, -0.1) is 0 Å². The number of nitrogen functional groups attached to an aromatic ring is 1. The molecule has 1 heterocycles. The van der Waals surface area contributed by atoms with Gasteiger partial charge in [-0.2, -0.15) is 0 Å². The zero-order chi connectivity index (χ0) is 8.43. The minimum atomic E-state index is -0.416. The second-order valence-electron chi connectivity index (χ2n) is 2.33. The highest BCUT2D eigenvalue weighted by Gasteiger charge is 2.06. The molecule has 1 aromatic rings. The van der Waals surface area contributed by atoms with E-state index < -0.39 is 5.91 Å². The lowest BCUT2D eigenvalue weighted by Crippen LogP contribution is -2.14. The van der Waals surface area contributed by atoms with E-state index in [4.69, 9.17) is 11.5 Å². The minimum absolute atomic E-state index is 0.118. The van der Waals surface area contributed by atoms with Gasteiger partial charge in [0.1, 0.15) is 11.6 Å². The Morgan fingerprint density at radius 3 is 2.73 bits per heavy atom. The van der Waals surface area contributed by atoms with Crippen LogP contribution in [0.5, 0.6) is 0 Å². The van der Waals surface area contributed by atoms with Crippen molar-refractivity contribution in [1.29, 1.82) is 0 Å². The molecule has 0 saturated carbocycles. The molecule has 11 heavy (non-hydrogen) atoms. The van der Waals surface area contributed by atoms with E-state index in [-0.39, 0.29) is 6.42 Å². The average molecular weight is 154 g/mol. The molecule has 0 bridgehead atoms. The maximum absolute atomic E-state index is 10.4. The Hall–Kier alpha value is -1.52. The van der Waals surface area contributed by atoms with Gasteiger partial charge in [0.15, 0.2) is 0 Å². The Bertz CT molecular complexity index is 278. The fourth-order valence-electron chi connectivity index (χ4n) is 0.867. The van der Waals surface area contributed by atoms with Crippen LogP contribution in [0.25, 0.3) is 0 Å². The van der Waals surface area contributed by atoms with Crippen molar-refractivity contribution in [2.75, 3.05) is 5.73 Å². The van der Waals surface area contributed by atoms with Crippen molar-refractivity contribution in [2.45, 2.75) is 13.3 Å². The Morgan fingerprint density at radius 1 is 1.73 bits per heavy atom. The number of hydrogen-bond donors (Lipinski definition) is 3. The third-order valence-electron chi connectivity index (χ3n) is 1.28. The minimum Gasteiger partial charge on any atom is -0.382 e. The zero-order valence-electron chi connectivity index (χ0n) is 6.22. The van der Waals surface area contributed by atoms with Crippen LogP contribution in [0.1, 0.15) is 11.5 Å². The molecule has 0 aliphatic carbocycles. The van der Waals surface area contributed by atoms with Gasteiger partial charge in [0.25, 0.3) is 0 Å².